The van der Waals surface area contributed by atoms with Crippen molar-refractivity contribution in [2.45, 2.75) is 23.4 Å². The number of thioether (sulfide) groups is 1. The lowest BCUT2D eigenvalue weighted by Gasteiger charge is -2.22. The Bertz CT molecular complexity index is 1340. The number of anilines is 1. The number of hydrogen-bond donors (Lipinski definition) is 1. The molecule has 0 aliphatic carbocycles. The minimum Gasteiger partial charge on any atom is -0.383 e. The first-order valence-electron chi connectivity index (χ1n) is 10.8. The van der Waals surface area contributed by atoms with Crippen molar-refractivity contribution < 1.29 is 13.9 Å². The van der Waals surface area contributed by atoms with Crippen LogP contribution >= 0.6 is 11.8 Å². The van der Waals surface area contributed by atoms with Gasteiger partial charge in [-0.05, 0) is 48.9 Å². The van der Waals surface area contributed by atoms with Gasteiger partial charge in [-0.1, -0.05) is 54.2 Å². The molecular formula is C26H24FN3O3S. The lowest BCUT2D eigenvalue weighted by Crippen LogP contribution is -2.29. The molecule has 0 spiro atoms. The number of para-hydroxylation sites is 1. The van der Waals surface area contributed by atoms with E-state index in [2.05, 4.69) is 5.32 Å². The SMILES string of the molecule is COC[C@H](C)n1c(S[C@@H](C(=O)Nc2ccc(F)cc2)c2ccccc2)nc2ccccc2c1=O. The molecule has 174 valence electrons. The molecule has 0 bridgehead atoms. The van der Waals surface area contributed by atoms with Crippen molar-refractivity contribution in [3.8, 4) is 0 Å². The van der Waals surface area contributed by atoms with Crippen LogP contribution in [0.5, 0.6) is 0 Å². The van der Waals surface area contributed by atoms with Crippen molar-refractivity contribution in [1.82, 2.24) is 9.55 Å². The number of carbonyl (C=O) groups excluding carboxylic acids is 1. The largest absolute Gasteiger partial charge is 0.383 e. The van der Waals surface area contributed by atoms with Gasteiger partial charge in [-0.15, -0.1) is 0 Å². The molecule has 4 rings (SSSR count). The quantitative estimate of drug-likeness (QED) is 0.278. The van der Waals surface area contributed by atoms with E-state index in [4.69, 9.17) is 9.72 Å². The molecule has 6 nitrogen and oxygen atoms in total. The summed E-state index contributed by atoms with van der Waals surface area (Å²) in [6.45, 7) is 2.19. The Morgan fingerprint density at radius 2 is 1.74 bits per heavy atom. The van der Waals surface area contributed by atoms with Gasteiger partial charge < -0.3 is 10.1 Å². The summed E-state index contributed by atoms with van der Waals surface area (Å²) in [6.07, 6.45) is 0. The number of halogens is 1. The van der Waals surface area contributed by atoms with E-state index in [9.17, 15) is 14.0 Å². The van der Waals surface area contributed by atoms with Crippen LogP contribution in [0.4, 0.5) is 10.1 Å². The van der Waals surface area contributed by atoms with Gasteiger partial charge in [-0.3, -0.25) is 14.2 Å². The van der Waals surface area contributed by atoms with Crippen molar-refractivity contribution in [3.63, 3.8) is 0 Å². The standard InChI is InChI=1S/C26H24FN3O3S/c1-17(16-33-2)30-25(32)21-10-6-7-11-22(21)29-26(30)34-23(18-8-4-3-5-9-18)24(31)28-20-14-12-19(27)13-15-20/h3-15,17,23H,16H2,1-2H3,(H,28,31)/t17-,23+/m0/s1. The Morgan fingerprint density at radius 3 is 2.44 bits per heavy atom. The molecule has 0 saturated carbocycles. The maximum atomic E-state index is 13.4. The van der Waals surface area contributed by atoms with Crippen molar-refractivity contribution in [2.24, 2.45) is 0 Å². The Morgan fingerprint density at radius 1 is 1.06 bits per heavy atom. The first kappa shape index (κ1) is 23.7. The van der Waals surface area contributed by atoms with E-state index in [-0.39, 0.29) is 23.3 Å². The van der Waals surface area contributed by atoms with Crippen molar-refractivity contribution >= 4 is 34.3 Å². The van der Waals surface area contributed by atoms with Crippen LogP contribution in [-0.2, 0) is 9.53 Å². The number of nitrogens with zero attached hydrogens (tertiary/aromatic N) is 2. The highest BCUT2D eigenvalue weighted by molar-refractivity contribution is 8.00. The molecule has 1 aromatic heterocycles. The Balaban J connectivity index is 1.78. The number of hydrogen-bond acceptors (Lipinski definition) is 5. The number of aromatic nitrogens is 2. The summed E-state index contributed by atoms with van der Waals surface area (Å²) in [5, 5.41) is 3.05. The Kier molecular flexibility index (Phi) is 7.40. The van der Waals surface area contributed by atoms with Crippen LogP contribution in [0.25, 0.3) is 10.9 Å². The molecule has 1 amide bonds. The maximum absolute atomic E-state index is 13.4. The van der Waals surface area contributed by atoms with Crippen LogP contribution in [-0.4, -0.2) is 29.2 Å². The number of methoxy groups -OCH3 is 1. The monoisotopic (exact) mass is 477 g/mol. The molecule has 8 heteroatoms. The highest BCUT2D eigenvalue weighted by atomic mass is 32.2. The van der Waals surface area contributed by atoms with Crippen LogP contribution in [0.3, 0.4) is 0 Å². The van der Waals surface area contributed by atoms with E-state index < -0.39 is 5.25 Å². The second-order valence-corrected chi connectivity index (χ2v) is 8.87. The van der Waals surface area contributed by atoms with Crippen LogP contribution < -0.4 is 10.9 Å². The van der Waals surface area contributed by atoms with Crippen LogP contribution in [0.2, 0.25) is 0 Å². The van der Waals surface area contributed by atoms with Crippen LogP contribution in [0.15, 0.2) is 88.8 Å². The molecule has 2 atom stereocenters. The topological polar surface area (TPSA) is 73.2 Å². The lowest BCUT2D eigenvalue weighted by molar-refractivity contribution is -0.115. The third-order valence-corrected chi connectivity index (χ3v) is 6.52. The number of amides is 1. The zero-order valence-electron chi connectivity index (χ0n) is 18.8. The normalized spacial score (nSPS) is 12.9. The van der Waals surface area contributed by atoms with Gasteiger partial charge in [0.2, 0.25) is 5.91 Å². The van der Waals surface area contributed by atoms with E-state index in [0.29, 0.717) is 28.4 Å². The van der Waals surface area contributed by atoms with E-state index in [1.165, 1.54) is 36.0 Å². The third kappa shape index (κ3) is 5.18. The molecule has 0 radical (unpaired) electrons. The summed E-state index contributed by atoms with van der Waals surface area (Å²) in [7, 11) is 1.58. The summed E-state index contributed by atoms with van der Waals surface area (Å²) in [6, 6.07) is 21.7. The summed E-state index contributed by atoms with van der Waals surface area (Å²) in [4.78, 5) is 31.5. The Hall–Kier alpha value is -3.49. The molecule has 3 aromatic carbocycles. The predicted molar refractivity (Wildman–Crippen MR) is 133 cm³/mol. The van der Waals surface area contributed by atoms with Gasteiger partial charge in [0, 0.05) is 12.8 Å². The van der Waals surface area contributed by atoms with Crippen molar-refractivity contribution in [1.29, 1.82) is 0 Å². The first-order chi connectivity index (χ1) is 16.5. The Labute approximate surface area is 200 Å². The molecule has 0 unspecified atom stereocenters. The average Bonchev–Trinajstić information content (AvgIpc) is 2.84. The smallest absolute Gasteiger partial charge is 0.262 e. The number of carbonyl (C=O) groups is 1. The third-order valence-electron chi connectivity index (χ3n) is 5.30. The molecule has 0 fully saturated rings. The zero-order chi connectivity index (χ0) is 24.1. The second kappa shape index (κ2) is 10.6. The number of ether oxygens (including phenoxy) is 1. The zero-order valence-corrected chi connectivity index (χ0v) is 19.6. The van der Waals surface area contributed by atoms with Gasteiger partial charge in [0.25, 0.3) is 5.56 Å². The summed E-state index contributed by atoms with van der Waals surface area (Å²) >= 11 is 1.19. The molecule has 0 aliphatic rings. The second-order valence-electron chi connectivity index (χ2n) is 7.80. The van der Waals surface area contributed by atoms with Gasteiger partial charge in [-0.25, -0.2) is 9.37 Å². The number of rotatable bonds is 8. The molecule has 4 aromatic rings. The lowest BCUT2D eigenvalue weighted by atomic mass is 10.1. The molecular weight excluding hydrogens is 453 g/mol. The summed E-state index contributed by atoms with van der Waals surface area (Å²) in [5.41, 5.74) is 1.59. The number of fused-ring (bicyclic) bond motifs is 1. The van der Waals surface area contributed by atoms with E-state index in [1.54, 1.807) is 29.9 Å². The van der Waals surface area contributed by atoms with Gasteiger partial charge in [0.15, 0.2) is 5.16 Å². The van der Waals surface area contributed by atoms with E-state index >= 15 is 0 Å². The highest BCUT2D eigenvalue weighted by Gasteiger charge is 2.26. The minimum absolute atomic E-state index is 0.191. The van der Waals surface area contributed by atoms with Crippen LogP contribution in [0, 0.1) is 5.82 Å². The minimum atomic E-state index is -0.708. The molecule has 34 heavy (non-hydrogen) atoms. The molecule has 0 aliphatic heterocycles. The fraction of sp³-hybridized carbons (Fsp3) is 0.192. The van der Waals surface area contributed by atoms with E-state index in [1.807, 2.05) is 43.3 Å². The maximum Gasteiger partial charge on any atom is 0.262 e. The van der Waals surface area contributed by atoms with Gasteiger partial charge >= 0.3 is 0 Å². The first-order valence-corrected chi connectivity index (χ1v) is 11.6. The fourth-order valence-corrected chi connectivity index (χ4v) is 4.86. The van der Waals surface area contributed by atoms with Crippen LogP contribution in [0.1, 0.15) is 23.8 Å². The number of benzene rings is 3. The van der Waals surface area contributed by atoms with Gasteiger partial charge in [-0.2, -0.15) is 0 Å². The summed E-state index contributed by atoms with van der Waals surface area (Å²) in [5.74, 6) is -0.695. The molecule has 1 heterocycles. The van der Waals surface area contributed by atoms with Gasteiger partial charge in [0.05, 0.1) is 23.6 Å². The average molecular weight is 478 g/mol. The van der Waals surface area contributed by atoms with Crippen molar-refractivity contribution in [3.05, 3.63) is 101 Å². The fourth-order valence-electron chi connectivity index (χ4n) is 3.66. The summed E-state index contributed by atoms with van der Waals surface area (Å²) < 4.78 is 20.2. The predicted octanol–water partition coefficient (Wildman–Crippen LogP) is 5.22. The molecule has 0 saturated heterocycles. The van der Waals surface area contributed by atoms with Crippen molar-refractivity contribution in [2.75, 3.05) is 19.0 Å². The number of nitrogens with one attached hydrogen (secondary N) is 1. The highest BCUT2D eigenvalue weighted by Crippen LogP contribution is 2.36. The molecule has 1 N–H and O–H groups in total. The van der Waals surface area contributed by atoms with E-state index in [0.717, 1.165) is 5.56 Å². The van der Waals surface area contributed by atoms with Gasteiger partial charge in [0.1, 0.15) is 11.1 Å².